The summed E-state index contributed by atoms with van der Waals surface area (Å²) in [6.45, 7) is 4.42. The lowest BCUT2D eigenvalue weighted by Gasteiger charge is -2.23. The zero-order valence-electron chi connectivity index (χ0n) is 11.4. The Bertz CT molecular complexity index is 566. The van der Waals surface area contributed by atoms with E-state index in [0.29, 0.717) is 12.1 Å². The molecule has 1 unspecified atom stereocenters. The standard InChI is InChI=1S/C14H18FN3S/c1-9(16)14-12(15)5-4-6-13(14)18(3)7-11-8-19-10(2)17-11/h4-6,8-9H,7,16H2,1-3H3. The van der Waals surface area contributed by atoms with Gasteiger partial charge in [-0.05, 0) is 26.0 Å². The molecule has 2 N–H and O–H groups in total. The summed E-state index contributed by atoms with van der Waals surface area (Å²) in [5.41, 5.74) is 8.23. The van der Waals surface area contributed by atoms with Crippen molar-refractivity contribution in [1.29, 1.82) is 0 Å². The van der Waals surface area contributed by atoms with Gasteiger partial charge >= 0.3 is 0 Å². The van der Waals surface area contributed by atoms with E-state index in [1.165, 1.54) is 6.07 Å². The maximum atomic E-state index is 13.9. The zero-order valence-corrected chi connectivity index (χ0v) is 12.2. The van der Waals surface area contributed by atoms with Crippen LogP contribution in [0.15, 0.2) is 23.6 Å². The van der Waals surface area contributed by atoms with Crippen molar-refractivity contribution >= 4 is 17.0 Å². The van der Waals surface area contributed by atoms with Gasteiger partial charge in [0.2, 0.25) is 0 Å². The number of thiazole rings is 1. The van der Waals surface area contributed by atoms with Crippen molar-refractivity contribution in [2.45, 2.75) is 26.4 Å². The van der Waals surface area contributed by atoms with Gasteiger partial charge < -0.3 is 10.6 Å². The fourth-order valence-corrected chi connectivity index (χ4v) is 2.72. The minimum absolute atomic E-state index is 0.256. The van der Waals surface area contributed by atoms with E-state index >= 15 is 0 Å². The summed E-state index contributed by atoms with van der Waals surface area (Å²) >= 11 is 1.62. The van der Waals surface area contributed by atoms with Crippen molar-refractivity contribution in [2.75, 3.05) is 11.9 Å². The van der Waals surface area contributed by atoms with Crippen LogP contribution in [0.2, 0.25) is 0 Å². The Morgan fingerprint density at radius 3 is 2.79 bits per heavy atom. The highest BCUT2D eigenvalue weighted by Gasteiger charge is 2.16. The number of nitrogens with zero attached hydrogens (tertiary/aromatic N) is 2. The predicted molar refractivity (Wildman–Crippen MR) is 78.0 cm³/mol. The van der Waals surface area contributed by atoms with Crippen LogP contribution in [0.3, 0.4) is 0 Å². The smallest absolute Gasteiger partial charge is 0.130 e. The van der Waals surface area contributed by atoms with Crippen molar-refractivity contribution in [3.63, 3.8) is 0 Å². The second-order valence-corrected chi connectivity index (χ2v) is 5.74. The molecule has 0 saturated heterocycles. The van der Waals surface area contributed by atoms with E-state index in [9.17, 15) is 4.39 Å². The first-order valence-corrected chi connectivity index (χ1v) is 7.03. The summed E-state index contributed by atoms with van der Waals surface area (Å²) in [6, 6.07) is 4.71. The molecule has 102 valence electrons. The van der Waals surface area contributed by atoms with Crippen molar-refractivity contribution in [1.82, 2.24) is 4.98 Å². The molecule has 0 bridgehead atoms. The van der Waals surface area contributed by atoms with Crippen LogP contribution in [-0.2, 0) is 6.54 Å². The first kappa shape index (κ1) is 14.0. The van der Waals surface area contributed by atoms with Crippen molar-refractivity contribution in [2.24, 2.45) is 5.73 Å². The highest BCUT2D eigenvalue weighted by Crippen LogP contribution is 2.28. The van der Waals surface area contributed by atoms with E-state index in [-0.39, 0.29) is 11.9 Å². The van der Waals surface area contributed by atoms with Gasteiger partial charge in [0, 0.05) is 29.7 Å². The quantitative estimate of drug-likeness (QED) is 0.934. The Hall–Kier alpha value is -1.46. The van der Waals surface area contributed by atoms with Gasteiger partial charge in [-0.1, -0.05) is 6.07 Å². The van der Waals surface area contributed by atoms with Gasteiger partial charge in [0.25, 0.3) is 0 Å². The van der Waals surface area contributed by atoms with E-state index in [1.54, 1.807) is 24.3 Å². The van der Waals surface area contributed by atoms with Crippen LogP contribution >= 0.6 is 11.3 Å². The average Bonchev–Trinajstić information content (AvgIpc) is 2.73. The Kier molecular flexibility index (Phi) is 4.17. The Balaban J connectivity index is 2.28. The van der Waals surface area contributed by atoms with Gasteiger partial charge in [0.1, 0.15) is 5.82 Å². The second kappa shape index (κ2) is 5.67. The van der Waals surface area contributed by atoms with Gasteiger partial charge in [-0.25, -0.2) is 9.37 Å². The van der Waals surface area contributed by atoms with Crippen molar-refractivity contribution < 1.29 is 4.39 Å². The highest BCUT2D eigenvalue weighted by atomic mass is 32.1. The molecule has 0 aliphatic carbocycles. The molecule has 3 nitrogen and oxygen atoms in total. The number of benzene rings is 1. The van der Waals surface area contributed by atoms with Gasteiger partial charge in [-0.2, -0.15) is 0 Å². The third-order valence-electron chi connectivity index (χ3n) is 2.96. The molecule has 0 amide bonds. The van der Waals surface area contributed by atoms with Crippen LogP contribution in [0.1, 0.15) is 29.2 Å². The molecule has 0 radical (unpaired) electrons. The average molecular weight is 279 g/mol. The number of aromatic nitrogens is 1. The number of rotatable bonds is 4. The molecule has 0 saturated carbocycles. The van der Waals surface area contributed by atoms with E-state index in [1.807, 2.05) is 30.3 Å². The van der Waals surface area contributed by atoms with Crippen LogP contribution in [0.5, 0.6) is 0 Å². The minimum atomic E-state index is -0.337. The fourth-order valence-electron chi connectivity index (χ4n) is 2.12. The van der Waals surface area contributed by atoms with E-state index in [2.05, 4.69) is 4.98 Å². The first-order chi connectivity index (χ1) is 8.99. The van der Waals surface area contributed by atoms with Crippen LogP contribution in [0, 0.1) is 12.7 Å². The van der Waals surface area contributed by atoms with Gasteiger partial charge in [-0.15, -0.1) is 11.3 Å². The molecule has 0 spiro atoms. The maximum Gasteiger partial charge on any atom is 0.130 e. The minimum Gasteiger partial charge on any atom is -0.368 e. The lowest BCUT2D eigenvalue weighted by atomic mass is 10.1. The van der Waals surface area contributed by atoms with Crippen LogP contribution in [-0.4, -0.2) is 12.0 Å². The van der Waals surface area contributed by atoms with Crippen LogP contribution in [0.25, 0.3) is 0 Å². The second-order valence-electron chi connectivity index (χ2n) is 4.68. The predicted octanol–water partition coefficient (Wildman–Crippen LogP) is 3.25. The molecule has 1 atom stereocenters. The molecule has 2 aromatic rings. The monoisotopic (exact) mass is 279 g/mol. The van der Waals surface area contributed by atoms with Gasteiger partial charge in [0.05, 0.1) is 17.2 Å². The molecule has 5 heteroatoms. The highest BCUT2D eigenvalue weighted by molar-refractivity contribution is 7.09. The number of nitrogens with two attached hydrogens (primary N) is 1. The molecule has 1 heterocycles. The summed E-state index contributed by atoms with van der Waals surface area (Å²) in [5, 5.41) is 3.06. The van der Waals surface area contributed by atoms with E-state index < -0.39 is 0 Å². The lowest BCUT2D eigenvalue weighted by molar-refractivity contribution is 0.592. The molecular weight excluding hydrogens is 261 g/mol. The van der Waals surface area contributed by atoms with E-state index in [0.717, 1.165) is 16.4 Å². The molecule has 1 aromatic heterocycles. The van der Waals surface area contributed by atoms with Crippen molar-refractivity contribution in [3.8, 4) is 0 Å². The van der Waals surface area contributed by atoms with Crippen LogP contribution < -0.4 is 10.6 Å². The van der Waals surface area contributed by atoms with Gasteiger partial charge in [-0.3, -0.25) is 0 Å². The number of hydrogen-bond acceptors (Lipinski definition) is 4. The van der Waals surface area contributed by atoms with Crippen LogP contribution in [0.4, 0.5) is 10.1 Å². The number of halogens is 1. The molecule has 0 fully saturated rings. The normalized spacial score (nSPS) is 12.5. The molecule has 19 heavy (non-hydrogen) atoms. The third kappa shape index (κ3) is 3.11. The summed E-state index contributed by atoms with van der Waals surface area (Å²) in [4.78, 5) is 6.41. The Morgan fingerprint density at radius 1 is 1.47 bits per heavy atom. The Morgan fingerprint density at radius 2 is 2.21 bits per heavy atom. The molecule has 0 aliphatic heterocycles. The topological polar surface area (TPSA) is 42.2 Å². The molecular formula is C14H18FN3S. The number of anilines is 1. The summed E-state index contributed by atoms with van der Waals surface area (Å²) in [7, 11) is 1.93. The molecule has 2 rings (SSSR count). The van der Waals surface area contributed by atoms with E-state index in [4.69, 9.17) is 5.73 Å². The summed E-state index contributed by atoms with van der Waals surface area (Å²) in [5.74, 6) is -0.256. The first-order valence-electron chi connectivity index (χ1n) is 6.15. The fraction of sp³-hybridized carbons (Fsp3) is 0.357. The van der Waals surface area contributed by atoms with Gasteiger partial charge in [0.15, 0.2) is 0 Å². The Labute approximate surface area is 116 Å². The molecule has 1 aromatic carbocycles. The largest absolute Gasteiger partial charge is 0.368 e. The summed E-state index contributed by atoms with van der Waals surface area (Å²) in [6.07, 6.45) is 0. The SMILES string of the molecule is Cc1nc(CN(C)c2cccc(F)c2C(C)N)cs1. The lowest BCUT2D eigenvalue weighted by Crippen LogP contribution is -2.21. The third-order valence-corrected chi connectivity index (χ3v) is 3.78. The molecule has 0 aliphatic rings. The van der Waals surface area contributed by atoms with Crippen molar-refractivity contribution in [3.05, 3.63) is 45.7 Å². The number of hydrogen-bond donors (Lipinski definition) is 1. The zero-order chi connectivity index (χ0) is 14.0. The maximum absolute atomic E-state index is 13.9. The summed E-state index contributed by atoms with van der Waals surface area (Å²) < 4.78 is 13.9. The number of aryl methyl sites for hydroxylation is 1.